The van der Waals surface area contributed by atoms with Crippen molar-refractivity contribution in [2.75, 3.05) is 32.7 Å². The fourth-order valence-electron chi connectivity index (χ4n) is 5.84. The van der Waals surface area contributed by atoms with Crippen molar-refractivity contribution in [2.24, 2.45) is 0 Å². The van der Waals surface area contributed by atoms with E-state index in [4.69, 9.17) is 0 Å². The van der Waals surface area contributed by atoms with Gasteiger partial charge in [0.15, 0.2) is 5.82 Å². The molecule has 4 aromatic carbocycles. The van der Waals surface area contributed by atoms with E-state index in [9.17, 15) is 0 Å². The van der Waals surface area contributed by atoms with Crippen molar-refractivity contribution in [1.29, 1.82) is 0 Å². The molecule has 0 spiro atoms. The molecular formula is C37H38N6. The molecule has 1 aromatic heterocycles. The zero-order valence-corrected chi connectivity index (χ0v) is 24.9. The molecule has 0 N–H and O–H groups in total. The monoisotopic (exact) mass is 566 g/mol. The van der Waals surface area contributed by atoms with Crippen LogP contribution in [0.5, 0.6) is 0 Å². The lowest BCUT2D eigenvalue weighted by molar-refractivity contribution is 0.113. The zero-order chi connectivity index (χ0) is 29.4. The van der Waals surface area contributed by atoms with E-state index in [1.165, 1.54) is 16.7 Å². The molecule has 43 heavy (non-hydrogen) atoms. The van der Waals surface area contributed by atoms with E-state index >= 15 is 0 Å². The van der Waals surface area contributed by atoms with Crippen LogP contribution in [0.1, 0.15) is 45.2 Å². The van der Waals surface area contributed by atoms with Crippen LogP contribution in [-0.2, 0) is 0 Å². The van der Waals surface area contributed by atoms with Crippen LogP contribution >= 0.6 is 0 Å². The maximum absolute atomic E-state index is 4.65. The maximum atomic E-state index is 4.65. The van der Waals surface area contributed by atoms with Gasteiger partial charge in [0, 0.05) is 32.7 Å². The molecule has 1 aliphatic rings. The molecule has 2 heterocycles. The Morgan fingerprint density at radius 1 is 0.651 bits per heavy atom. The van der Waals surface area contributed by atoms with Crippen LogP contribution in [-0.4, -0.2) is 62.7 Å². The van der Waals surface area contributed by atoms with Crippen LogP contribution in [0.2, 0.25) is 0 Å². The summed E-state index contributed by atoms with van der Waals surface area (Å²) in [6.45, 7) is 9.02. The number of aryl methyl sites for hydroxylation is 2. The average molecular weight is 567 g/mol. The molecule has 0 saturated carbocycles. The molecule has 6 rings (SSSR count). The van der Waals surface area contributed by atoms with Crippen molar-refractivity contribution in [1.82, 2.24) is 30.0 Å². The normalized spacial score (nSPS) is 15.4. The minimum atomic E-state index is -0.0665. The molecule has 216 valence electrons. The molecule has 6 nitrogen and oxygen atoms in total. The topological polar surface area (TPSA) is 50.1 Å². The van der Waals surface area contributed by atoms with Crippen LogP contribution in [0.4, 0.5) is 0 Å². The Bertz CT molecular complexity index is 1640. The van der Waals surface area contributed by atoms with Gasteiger partial charge in [-0.1, -0.05) is 127 Å². The van der Waals surface area contributed by atoms with Gasteiger partial charge in [0.25, 0.3) is 0 Å². The smallest absolute Gasteiger partial charge is 0.178 e. The number of para-hydroxylation sites is 1. The molecule has 1 saturated heterocycles. The number of piperazine rings is 1. The molecule has 1 fully saturated rings. The second-order valence-electron chi connectivity index (χ2n) is 11.2. The first-order valence-corrected chi connectivity index (χ1v) is 15.0. The third-order valence-corrected chi connectivity index (χ3v) is 8.16. The number of benzene rings is 4. The van der Waals surface area contributed by atoms with Gasteiger partial charge >= 0.3 is 0 Å². The highest BCUT2D eigenvalue weighted by molar-refractivity contribution is 5.69. The van der Waals surface area contributed by atoms with Crippen molar-refractivity contribution in [3.8, 4) is 5.69 Å². The lowest BCUT2D eigenvalue weighted by Gasteiger charge is -2.38. The Labute approximate surface area is 254 Å². The van der Waals surface area contributed by atoms with E-state index in [0.29, 0.717) is 0 Å². The van der Waals surface area contributed by atoms with Crippen molar-refractivity contribution >= 4 is 18.2 Å². The summed E-state index contributed by atoms with van der Waals surface area (Å²) in [7, 11) is 0. The highest BCUT2D eigenvalue weighted by atomic mass is 15.6. The van der Waals surface area contributed by atoms with Gasteiger partial charge in [-0.3, -0.25) is 9.80 Å². The second-order valence-corrected chi connectivity index (χ2v) is 11.2. The Hall–Kier alpha value is -4.65. The summed E-state index contributed by atoms with van der Waals surface area (Å²) in [5, 5.41) is 13.4. The highest BCUT2D eigenvalue weighted by Crippen LogP contribution is 2.31. The summed E-state index contributed by atoms with van der Waals surface area (Å²) in [5.74, 6) is 0.849. The van der Waals surface area contributed by atoms with E-state index in [2.05, 4.69) is 161 Å². The molecule has 0 amide bonds. The van der Waals surface area contributed by atoms with Crippen molar-refractivity contribution in [3.05, 3.63) is 148 Å². The van der Waals surface area contributed by atoms with Crippen LogP contribution in [0.3, 0.4) is 0 Å². The van der Waals surface area contributed by atoms with Gasteiger partial charge in [-0.2, -0.15) is 4.68 Å². The van der Waals surface area contributed by atoms with Crippen molar-refractivity contribution in [3.63, 3.8) is 0 Å². The van der Waals surface area contributed by atoms with Gasteiger partial charge in [-0.25, -0.2) is 0 Å². The molecular weight excluding hydrogens is 528 g/mol. The summed E-state index contributed by atoms with van der Waals surface area (Å²) < 4.78 is 1.95. The minimum absolute atomic E-state index is 0.0665. The first kappa shape index (κ1) is 28.5. The van der Waals surface area contributed by atoms with Gasteiger partial charge < -0.3 is 0 Å². The summed E-state index contributed by atoms with van der Waals surface area (Å²) in [4.78, 5) is 5.04. The van der Waals surface area contributed by atoms with E-state index < -0.39 is 0 Å². The van der Waals surface area contributed by atoms with Gasteiger partial charge in [0.2, 0.25) is 0 Å². The van der Waals surface area contributed by atoms with Crippen LogP contribution in [0, 0.1) is 13.8 Å². The van der Waals surface area contributed by atoms with Crippen molar-refractivity contribution < 1.29 is 0 Å². The number of nitrogens with zero attached hydrogens (tertiary/aromatic N) is 6. The Morgan fingerprint density at radius 2 is 1.23 bits per heavy atom. The average Bonchev–Trinajstić information content (AvgIpc) is 3.51. The number of rotatable bonds is 9. The molecule has 5 aromatic rings. The Morgan fingerprint density at radius 3 is 1.86 bits per heavy atom. The molecule has 0 radical (unpaired) electrons. The van der Waals surface area contributed by atoms with Crippen LogP contribution in [0.25, 0.3) is 23.9 Å². The maximum Gasteiger partial charge on any atom is 0.178 e. The van der Waals surface area contributed by atoms with Gasteiger partial charge in [-0.15, -0.1) is 5.10 Å². The molecule has 1 atom stereocenters. The first-order chi connectivity index (χ1) is 21.2. The predicted octanol–water partition coefficient (Wildman–Crippen LogP) is 6.87. The van der Waals surface area contributed by atoms with Crippen LogP contribution in [0.15, 0.2) is 109 Å². The van der Waals surface area contributed by atoms with E-state index in [0.717, 1.165) is 60.9 Å². The molecule has 0 aliphatic carbocycles. The zero-order valence-electron chi connectivity index (χ0n) is 24.9. The molecule has 1 aliphatic heterocycles. The van der Waals surface area contributed by atoms with E-state index in [1.807, 2.05) is 10.7 Å². The van der Waals surface area contributed by atoms with Crippen LogP contribution < -0.4 is 0 Å². The van der Waals surface area contributed by atoms with Gasteiger partial charge in [-0.05, 0) is 57.7 Å². The Balaban J connectivity index is 1.25. The summed E-state index contributed by atoms with van der Waals surface area (Å²) in [5.41, 5.74) is 8.15. The quantitative estimate of drug-likeness (QED) is 0.182. The molecule has 1 unspecified atom stereocenters. The fraction of sp³-hybridized carbons (Fsp3) is 0.216. The predicted molar refractivity (Wildman–Crippen MR) is 176 cm³/mol. The van der Waals surface area contributed by atoms with Gasteiger partial charge in [0.1, 0.15) is 0 Å². The lowest BCUT2D eigenvalue weighted by atomic mass is 10.0. The first-order valence-electron chi connectivity index (χ1n) is 15.0. The van der Waals surface area contributed by atoms with Crippen molar-refractivity contribution in [2.45, 2.75) is 19.9 Å². The molecule has 6 heteroatoms. The summed E-state index contributed by atoms with van der Waals surface area (Å²) in [6.07, 6.45) is 8.80. The third kappa shape index (κ3) is 6.88. The molecule has 0 bridgehead atoms. The number of tetrazole rings is 1. The van der Waals surface area contributed by atoms with Gasteiger partial charge in [0.05, 0.1) is 11.7 Å². The third-order valence-electron chi connectivity index (χ3n) is 8.16. The van der Waals surface area contributed by atoms with E-state index in [-0.39, 0.29) is 6.04 Å². The SMILES string of the molecule is Cc1cccc(C)c1-n1nnnc1C(c1ccc(C=Cc2ccccc2)cc1)N1CCN(CC=Cc2ccccc2)CC1. The fourth-order valence-corrected chi connectivity index (χ4v) is 5.84. The standard InChI is InChI=1S/C37H38N6/c1-29-11-9-12-30(2)35(29)43-37(38-39-40-43)36(34-22-20-33(21-23-34)19-18-32-15-7-4-8-16-32)42-27-25-41(26-28-42)24-10-17-31-13-5-3-6-14-31/h3-23,36H,24-28H2,1-2H3. The number of aromatic nitrogens is 4. The minimum Gasteiger partial charge on any atom is -0.297 e. The highest BCUT2D eigenvalue weighted by Gasteiger charge is 2.31. The number of hydrogen-bond donors (Lipinski definition) is 0. The summed E-state index contributed by atoms with van der Waals surface area (Å²) in [6, 6.07) is 36.0. The largest absolute Gasteiger partial charge is 0.297 e. The van der Waals surface area contributed by atoms with E-state index in [1.54, 1.807) is 0 Å². The number of hydrogen-bond acceptors (Lipinski definition) is 5. The Kier molecular flexibility index (Phi) is 8.97. The summed E-state index contributed by atoms with van der Waals surface area (Å²) >= 11 is 0. The lowest BCUT2D eigenvalue weighted by Crippen LogP contribution is -2.48. The second kappa shape index (κ2) is 13.6.